The van der Waals surface area contributed by atoms with Crippen molar-refractivity contribution in [2.45, 2.75) is 22.8 Å². The van der Waals surface area contributed by atoms with Gasteiger partial charge in [0, 0.05) is 36.4 Å². The number of nitrogens with zero attached hydrogens (tertiary/aromatic N) is 2. The molecule has 1 aliphatic heterocycles. The van der Waals surface area contributed by atoms with Gasteiger partial charge in [0.25, 0.3) is 5.91 Å². The number of anilines is 1. The van der Waals surface area contributed by atoms with E-state index in [0.29, 0.717) is 22.8 Å². The van der Waals surface area contributed by atoms with Crippen molar-refractivity contribution in [2.75, 3.05) is 31.5 Å². The number of amides is 2. The standard InChI is InChI=1S/C25H26N4O2S/c30-23(29-16-7-13-26-15-17-29)18-19-8-4-5-12-22(19)28-24(31)21-11-6-14-27-25(21)32-20-9-2-1-3-10-20/h1-6,8-12,14,26H,7,13,15-18H2,(H,28,31). The molecule has 0 unspecified atom stereocenters. The minimum absolute atomic E-state index is 0.0806. The highest BCUT2D eigenvalue weighted by atomic mass is 32.2. The van der Waals surface area contributed by atoms with Crippen LogP contribution in [0.4, 0.5) is 5.69 Å². The van der Waals surface area contributed by atoms with Crippen molar-refractivity contribution >= 4 is 29.3 Å². The Labute approximate surface area is 192 Å². The third kappa shape index (κ3) is 5.75. The van der Waals surface area contributed by atoms with E-state index in [2.05, 4.69) is 15.6 Å². The Morgan fingerprint density at radius 1 is 0.969 bits per heavy atom. The van der Waals surface area contributed by atoms with E-state index in [1.54, 1.807) is 18.3 Å². The number of aromatic nitrogens is 1. The predicted molar refractivity (Wildman–Crippen MR) is 127 cm³/mol. The molecule has 3 aromatic rings. The van der Waals surface area contributed by atoms with Crippen molar-refractivity contribution in [2.24, 2.45) is 0 Å². The molecule has 0 atom stereocenters. The number of carbonyl (C=O) groups is 2. The molecule has 7 heteroatoms. The fourth-order valence-corrected chi connectivity index (χ4v) is 4.50. The summed E-state index contributed by atoms with van der Waals surface area (Å²) < 4.78 is 0. The molecule has 0 bridgehead atoms. The van der Waals surface area contributed by atoms with Crippen LogP contribution >= 0.6 is 11.8 Å². The summed E-state index contributed by atoms with van der Waals surface area (Å²) in [5.74, 6) is -0.160. The van der Waals surface area contributed by atoms with Crippen molar-refractivity contribution < 1.29 is 9.59 Å². The molecule has 6 nitrogen and oxygen atoms in total. The van der Waals surface area contributed by atoms with E-state index in [-0.39, 0.29) is 18.2 Å². The first-order chi connectivity index (χ1) is 15.7. The van der Waals surface area contributed by atoms with E-state index in [4.69, 9.17) is 0 Å². The first-order valence-electron chi connectivity index (χ1n) is 10.8. The van der Waals surface area contributed by atoms with Crippen LogP contribution in [0.15, 0.2) is 82.8 Å². The van der Waals surface area contributed by atoms with E-state index >= 15 is 0 Å². The zero-order valence-corrected chi connectivity index (χ0v) is 18.6. The molecule has 32 heavy (non-hydrogen) atoms. The molecular weight excluding hydrogens is 420 g/mol. The molecule has 2 N–H and O–H groups in total. The van der Waals surface area contributed by atoms with Crippen molar-refractivity contribution in [1.82, 2.24) is 15.2 Å². The van der Waals surface area contributed by atoms with Gasteiger partial charge in [0.1, 0.15) is 5.03 Å². The normalized spacial score (nSPS) is 13.9. The average molecular weight is 447 g/mol. The Hall–Kier alpha value is -3.16. The molecule has 1 aromatic heterocycles. The molecule has 0 saturated carbocycles. The summed E-state index contributed by atoms with van der Waals surface area (Å²) in [7, 11) is 0. The Balaban J connectivity index is 1.49. The quantitative estimate of drug-likeness (QED) is 0.602. The third-order valence-electron chi connectivity index (χ3n) is 5.27. The molecule has 164 valence electrons. The lowest BCUT2D eigenvalue weighted by atomic mass is 10.1. The van der Waals surface area contributed by atoms with E-state index in [1.165, 1.54) is 11.8 Å². The van der Waals surface area contributed by atoms with Gasteiger partial charge in [0.2, 0.25) is 5.91 Å². The molecule has 1 fully saturated rings. The van der Waals surface area contributed by atoms with Gasteiger partial charge in [-0.1, -0.05) is 48.2 Å². The molecule has 0 aliphatic carbocycles. The van der Waals surface area contributed by atoms with E-state index in [9.17, 15) is 9.59 Å². The van der Waals surface area contributed by atoms with Gasteiger partial charge >= 0.3 is 0 Å². The van der Waals surface area contributed by atoms with Gasteiger partial charge in [-0.3, -0.25) is 9.59 Å². The number of para-hydroxylation sites is 1. The second-order valence-electron chi connectivity index (χ2n) is 7.54. The molecule has 0 spiro atoms. The molecule has 1 saturated heterocycles. The van der Waals surface area contributed by atoms with E-state index in [0.717, 1.165) is 36.5 Å². The van der Waals surface area contributed by atoms with Gasteiger partial charge in [-0.2, -0.15) is 0 Å². The van der Waals surface area contributed by atoms with Crippen LogP contribution in [-0.4, -0.2) is 47.9 Å². The van der Waals surface area contributed by atoms with Crippen LogP contribution in [0.5, 0.6) is 0 Å². The number of pyridine rings is 1. The summed E-state index contributed by atoms with van der Waals surface area (Å²) in [5.41, 5.74) is 1.96. The highest BCUT2D eigenvalue weighted by Crippen LogP contribution is 2.29. The zero-order chi connectivity index (χ0) is 22.2. The smallest absolute Gasteiger partial charge is 0.258 e. The Morgan fingerprint density at radius 2 is 1.78 bits per heavy atom. The van der Waals surface area contributed by atoms with Crippen LogP contribution in [0.2, 0.25) is 0 Å². The molecular formula is C25H26N4O2S. The van der Waals surface area contributed by atoms with E-state index in [1.807, 2.05) is 59.5 Å². The number of hydrogen-bond acceptors (Lipinski definition) is 5. The monoisotopic (exact) mass is 446 g/mol. The van der Waals surface area contributed by atoms with Crippen molar-refractivity contribution in [1.29, 1.82) is 0 Å². The Bertz CT molecular complexity index is 1070. The molecule has 2 aromatic carbocycles. The van der Waals surface area contributed by atoms with Crippen LogP contribution in [0, 0.1) is 0 Å². The van der Waals surface area contributed by atoms with Gasteiger partial charge in [-0.25, -0.2) is 4.98 Å². The van der Waals surface area contributed by atoms with Crippen LogP contribution in [-0.2, 0) is 11.2 Å². The second-order valence-corrected chi connectivity index (χ2v) is 8.61. The molecule has 0 radical (unpaired) electrons. The Kier molecular flexibility index (Phi) is 7.53. The third-order valence-corrected chi connectivity index (χ3v) is 6.30. The fraction of sp³-hybridized carbons (Fsp3) is 0.240. The average Bonchev–Trinajstić information content (AvgIpc) is 3.11. The summed E-state index contributed by atoms with van der Waals surface area (Å²) >= 11 is 1.45. The van der Waals surface area contributed by atoms with Crippen LogP contribution in [0.3, 0.4) is 0 Å². The summed E-state index contributed by atoms with van der Waals surface area (Å²) in [6, 6.07) is 20.9. The molecule has 2 heterocycles. The van der Waals surface area contributed by atoms with Crippen LogP contribution in [0.1, 0.15) is 22.3 Å². The topological polar surface area (TPSA) is 74.3 Å². The minimum atomic E-state index is -0.240. The lowest BCUT2D eigenvalue weighted by Crippen LogP contribution is -2.35. The highest BCUT2D eigenvalue weighted by molar-refractivity contribution is 7.99. The van der Waals surface area contributed by atoms with Gasteiger partial charge < -0.3 is 15.5 Å². The van der Waals surface area contributed by atoms with Crippen molar-refractivity contribution in [3.05, 3.63) is 84.1 Å². The van der Waals surface area contributed by atoms with Gasteiger partial charge in [-0.05, 0) is 48.9 Å². The van der Waals surface area contributed by atoms with Crippen LogP contribution in [0.25, 0.3) is 0 Å². The largest absolute Gasteiger partial charge is 0.341 e. The lowest BCUT2D eigenvalue weighted by Gasteiger charge is -2.21. The molecule has 1 aliphatic rings. The zero-order valence-electron chi connectivity index (χ0n) is 17.8. The van der Waals surface area contributed by atoms with Gasteiger partial charge in [-0.15, -0.1) is 0 Å². The molecule has 4 rings (SSSR count). The number of benzene rings is 2. The number of hydrogen-bond donors (Lipinski definition) is 2. The van der Waals surface area contributed by atoms with E-state index < -0.39 is 0 Å². The second kappa shape index (κ2) is 10.9. The first kappa shape index (κ1) is 22.0. The summed E-state index contributed by atoms with van der Waals surface area (Å²) in [5, 5.41) is 6.95. The number of rotatable bonds is 6. The maximum absolute atomic E-state index is 13.1. The lowest BCUT2D eigenvalue weighted by molar-refractivity contribution is -0.130. The van der Waals surface area contributed by atoms with Gasteiger partial charge in [0.15, 0.2) is 0 Å². The number of nitrogens with one attached hydrogen (secondary N) is 2. The number of carbonyl (C=O) groups excluding carboxylic acids is 2. The summed E-state index contributed by atoms with van der Waals surface area (Å²) in [6.45, 7) is 3.22. The van der Waals surface area contributed by atoms with Crippen molar-refractivity contribution in [3.8, 4) is 0 Å². The predicted octanol–water partition coefficient (Wildman–Crippen LogP) is 3.85. The minimum Gasteiger partial charge on any atom is -0.341 e. The first-order valence-corrected chi connectivity index (χ1v) is 11.6. The summed E-state index contributed by atoms with van der Waals surface area (Å²) in [6.07, 6.45) is 2.90. The highest BCUT2D eigenvalue weighted by Gasteiger charge is 2.19. The van der Waals surface area contributed by atoms with Crippen molar-refractivity contribution in [3.63, 3.8) is 0 Å². The van der Waals surface area contributed by atoms with Crippen LogP contribution < -0.4 is 10.6 Å². The fourth-order valence-electron chi connectivity index (χ4n) is 3.60. The summed E-state index contributed by atoms with van der Waals surface area (Å²) in [4.78, 5) is 33.3. The SMILES string of the molecule is O=C(Nc1ccccc1CC(=O)N1CCCNCC1)c1cccnc1Sc1ccccc1. The maximum Gasteiger partial charge on any atom is 0.258 e. The Morgan fingerprint density at radius 3 is 2.66 bits per heavy atom. The maximum atomic E-state index is 13.1. The molecule has 2 amide bonds. The van der Waals surface area contributed by atoms with Gasteiger partial charge in [0.05, 0.1) is 12.0 Å².